The minimum atomic E-state index is -0.0119. The summed E-state index contributed by atoms with van der Waals surface area (Å²) in [6.45, 7) is 4.78. The molecule has 0 fully saturated rings. The zero-order valence-corrected chi connectivity index (χ0v) is 15.4. The molecule has 2 rings (SSSR count). The van der Waals surface area contributed by atoms with Crippen molar-refractivity contribution < 1.29 is 9.53 Å². The molecule has 0 bridgehead atoms. The molecule has 0 spiro atoms. The van der Waals surface area contributed by atoms with Crippen molar-refractivity contribution in [2.45, 2.75) is 26.3 Å². The van der Waals surface area contributed by atoms with Crippen LogP contribution in [0.3, 0.4) is 0 Å². The molecule has 1 unspecified atom stereocenters. The van der Waals surface area contributed by atoms with Gasteiger partial charge in [-0.1, -0.05) is 24.0 Å². The van der Waals surface area contributed by atoms with Gasteiger partial charge >= 0.3 is 0 Å². The van der Waals surface area contributed by atoms with E-state index in [-0.39, 0.29) is 11.9 Å². The fourth-order valence-electron chi connectivity index (χ4n) is 2.37. The van der Waals surface area contributed by atoms with E-state index < -0.39 is 0 Å². The number of nitrogens with one attached hydrogen (secondary N) is 2. The number of anilines is 1. The van der Waals surface area contributed by atoms with E-state index in [1.165, 1.54) is 6.92 Å². The Morgan fingerprint density at radius 2 is 1.81 bits per heavy atom. The van der Waals surface area contributed by atoms with Crippen LogP contribution in [0, 0.1) is 11.8 Å². The van der Waals surface area contributed by atoms with Crippen molar-refractivity contribution in [2.75, 3.05) is 25.6 Å². The number of hydrogen-bond acceptors (Lipinski definition) is 5. The molecule has 1 heterocycles. The summed E-state index contributed by atoms with van der Waals surface area (Å²) in [4.78, 5) is 19.5. The normalized spacial score (nSPS) is 11.2. The second kappa shape index (κ2) is 10.2. The molecule has 0 aliphatic carbocycles. The molecule has 26 heavy (non-hydrogen) atoms. The predicted octanol–water partition coefficient (Wildman–Crippen LogP) is 2.00. The summed E-state index contributed by atoms with van der Waals surface area (Å²) in [5, 5.41) is 5.94. The van der Waals surface area contributed by atoms with E-state index in [1.807, 2.05) is 31.2 Å². The first-order chi connectivity index (χ1) is 12.6. The van der Waals surface area contributed by atoms with Gasteiger partial charge in [-0.05, 0) is 31.0 Å². The molecule has 0 saturated heterocycles. The van der Waals surface area contributed by atoms with Crippen LogP contribution in [0.4, 0.5) is 5.95 Å². The van der Waals surface area contributed by atoms with Gasteiger partial charge in [0, 0.05) is 44.6 Å². The van der Waals surface area contributed by atoms with Crippen molar-refractivity contribution >= 4 is 11.9 Å². The molecular formula is C20H24N4O2. The lowest BCUT2D eigenvalue weighted by Crippen LogP contribution is -2.31. The third-order valence-electron chi connectivity index (χ3n) is 3.54. The fourth-order valence-corrected chi connectivity index (χ4v) is 2.37. The predicted molar refractivity (Wildman–Crippen MR) is 102 cm³/mol. The molecule has 6 nitrogen and oxygen atoms in total. The molecule has 0 aliphatic rings. The SMILES string of the molecule is COCCNc1ncc(C#Cc2ccc(CC(C)NC(C)=O)cc2)cn1. The Bertz CT molecular complexity index is 761. The summed E-state index contributed by atoms with van der Waals surface area (Å²) in [5.41, 5.74) is 2.83. The first-order valence-electron chi connectivity index (χ1n) is 8.49. The number of ether oxygens (including phenoxy) is 1. The van der Waals surface area contributed by atoms with Gasteiger partial charge in [0.2, 0.25) is 11.9 Å². The van der Waals surface area contributed by atoms with Gasteiger partial charge in [-0.25, -0.2) is 9.97 Å². The maximum Gasteiger partial charge on any atom is 0.222 e. The van der Waals surface area contributed by atoms with E-state index >= 15 is 0 Å². The quantitative estimate of drug-likeness (QED) is 0.589. The third kappa shape index (κ3) is 6.91. The van der Waals surface area contributed by atoms with Crippen LogP contribution >= 0.6 is 0 Å². The molecule has 2 N–H and O–H groups in total. The van der Waals surface area contributed by atoms with Crippen LogP contribution in [-0.2, 0) is 16.0 Å². The number of benzene rings is 1. The number of amides is 1. The Labute approximate surface area is 154 Å². The topological polar surface area (TPSA) is 76.1 Å². The van der Waals surface area contributed by atoms with Gasteiger partial charge < -0.3 is 15.4 Å². The second-order valence-electron chi connectivity index (χ2n) is 5.97. The number of methoxy groups -OCH3 is 1. The highest BCUT2D eigenvalue weighted by molar-refractivity contribution is 5.73. The highest BCUT2D eigenvalue weighted by atomic mass is 16.5. The lowest BCUT2D eigenvalue weighted by molar-refractivity contribution is -0.119. The van der Waals surface area contributed by atoms with Crippen LogP contribution in [-0.4, -0.2) is 42.2 Å². The van der Waals surface area contributed by atoms with Crippen molar-refractivity contribution in [3.8, 4) is 11.8 Å². The zero-order valence-electron chi connectivity index (χ0n) is 15.4. The van der Waals surface area contributed by atoms with Gasteiger partial charge in [-0.3, -0.25) is 4.79 Å². The van der Waals surface area contributed by atoms with Crippen molar-refractivity contribution in [1.82, 2.24) is 15.3 Å². The van der Waals surface area contributed by atoms with Crippen molar-refractivity contribution in [1.29, 1.82) is 0 Å². The summed E-state index contributed by atoms with van der Waals surface area (Å²) in [5.74, 6) is 6.71. The zero-order chi connectivity index (χ0) is 18.8. The first kappa shape index (κ1) is 19.4. The van der Waals surface area contributed by atoms with Crippen molar-refractivity contribution in [3.05, 3.63) is 53.3 Å². The Morgan fingerprint density at radius 1 is 1.15 bits per heavy atom. The summed E-state index contributed by atoms with van der Waals surface area (Å²) >= 11 is 0. The van der Waals surface area contributed by atoms with E-state index in [0.717, 1.165) is 23.1 Å². The Balaban J connectivity index is 1.92. The number of rotatable bonds is 7. The third-order valence-corrected chi connectivity index (χ3v) is 3.54. The summed E-state index contributed by atoms with van der Waals surface area (Å²) in [6.07, 6.45) is 4.18. The van der Waals surface area contributed by atoms with Gasteiger partial charge in [-0.15, -0.1) is 0 Å². The van der Waals surface area contributed by atoms with Gasteiger partial charge in [-0.2, -0.15) is 0 Å². The minimum Gasteiger partial charge on any atom is -0.383 e. The molecule has 1 atom stereocenters. The van der Waals surface area contributed by atoms with E-state index in [0.29, 0.717) is 19.1 Å². The van der Waals surface area contributed by atoms with E-state index in [4.69, 9.17) is 4.74 Å². The molecule has 136 valence electrons. The molecule has 1 aromatic carbocycles. The monoisotopic (exact) mass is 352 g/mol. The second-order valence-corrected chi connectivity index (χ2v) is 5.97. The van der Waals surface area contributed by atoms with Crippen LogP contribution in [0.5, 0.6) is 0 Å². The van der Waals surface area contributed by atoms with Crippen LogP contribution in [0.15, 0.2) is 36.7 Å². The summed E-state index contributed by atoms with van der Waals surface area (Å²) in [6, 6.07) is 8.12. The van der Waals surface area contributed by atoms with Crippen LogP contribution in [0.2, 0.25) is 0 Å². The molecule has 1 aromatic heterocycles. The average Bonchev–Trinajstić information content (AvgIpc) is 2.62. The highest BCUT2D eigenvalue weighted by Gasteiger charge is 2.04. The largest absolute Gasteiger partial charge is 0.383 e. The number of hydrogen-bond donors (Lipinski definition) is 2. The van der Waals surface area contributed by atoms with Crippen molar-refractivity contribution in [2.24, 2.45) is 0 Å². The minimum absolute atomic E-state index is 0.0119. The maximum atomic E-state index is 11.1. The molecule has 0 saturated carbocycles. The number of carbonyl (C=O) groups excluding carboxylic acids is 1. The Morgan fingerprint density at radius 3 is 2.42 bits per heavy atom. The van der Waals surface area contributed by atoms with Gasteiger partial charge in [0.15, 0.2) is 0 Å². The van der Waals surface area contributed by atoms with Gasteiger partial charge in [0.1, 0.15) is 0 Å². The Hall–Kier alpha value is -2.91. The van der Waals surface area contributed by atoms with Crippen LogP contribution in [0.1, 0.15) is 30.5 Å². The first-order valence-corrected chi connectivity index (χ1v) is 8.49. The molecule has 2 aromatic rings. The summed E-state index contributed by atoms with van der Waals surface area (Å²) < 4.78 is 4.96. The molecule has 1 amide bonds. The lowest BCUT2D eigenvalue weighted by atomic mass is 10.1. The molecule has 6 heteroatoms. The molecule has 0 aliphatic heterocycles. The number of carbonyl (C=O) groups is 1. The van der Waals surface area contributed by atoms with Gasteiger partial charge in [0.05, 0.1) is 12.2 Å². The summed E-state index contributed by atoms with van der Waals surface area (Å²) in [7, 11) is 1.65. The maximum absolute atomic E-state index is 11.1. The lowest BCUT2D eigenvalue weighted by Gasteiger charge is -2.12. The van der Waals surface area contributed by atoms with E-state index in [9.17, 15) is 4.79 Å². The van der Waals surface area contributed by atoms with Crippen LogP contribution < -0.4 is 10.6 Å². The van der Waals surface area contributed by atoms with E-state index in [2.05, 4.69) is 32.4 Å². The highest BCUT2D eigenvalue weighted by Crippen LogP contribution is 2.07. The number of nitrogens with zero attached hydrogens (tertiary/aromatic N) is 2. The average molecular weight is 352 g/mol. The standard InChI is InChI=1S/C20H24N4O2/c1-15(24-16(2)25)12-18-7-4-17(5-8-18)6-9-19-13-22-20(23-14-19)21-10-11-26-3/h4-5,7-8,13-15H,10-12H2,1-3H3,(H,24,25)(H,21,22,23). The van der Waals surface area contributed by atoms with Crippen molar-refractivity contribution in [3.63, 3.8) is 0 Å². The smallest absolute Gasteiger partial charge is 0.222 e. The Kier molecular flexibility index (Phi) is 7.59. The molecular weight excluding hydrogens is 328 g/mol. The molecule has 0 radical (unpaired) electrons. The van der Waals surface area contributed by atoms with E-state index in [1.54, 1.807) is 19.5 Å². The fraction of sp³-hybridized carbons (Fsp3) is 0.350. The van der Waals surface area contributed by atoms with Crippen LogP contribution in [0.25, 0.3) is 0 Å². The number of aromatic nitrogens is 2. The van der Waals surface area contributed by atoms with Gasteiger partial charge in [0.25, 0.3) is 0 Å².